The zero-order chi connectivity index (χ0) is 16.8. The molecule has 3 N–H and O–H groups in total. The van der Waals surface area contributed by atoms with Crippen LogP contribution >= 0.6 is 0 Å². The van der Waals surface area contributed by atoms with E-state index in [4.69, 9.17) is 5.21 Å². The van der Waals surface area contributed by atoms with Gasteiger partial charge >= 0.3 is 0 Å². The number of carbonyl (C=O) groups is 2. The number of nitrogens with one attached hydrogen (secondary N) is 1. The van der Waals surface area contributed by atoms with Crippen LogP contribution in [0.4, 0.5) is 5.69 Å². The highest BCUT2D eigenvalue weighted by Crippen LogP contribution is 2.27. The second-order valence-corrected chi connectivity index (χ2v) is 5.36. The van der Waals surface area contributed by atoms with E-state index in [-0.39, 0.29) is 25.0 Å². The molecule has 6 heteroatoms. The van der Waals surface area contributed by atoms with Gasteiger partial charge in [-0.1, -0.05) is 43.4 Å². The summed E-state index contributed by atoms with van der Waals surface area (Å²) in [5, 5.41) is 17.9. The molecule has 0 bridgehead atoms. The lowest BCUT2D eigenvalue weighted by Crippen LogP contribution is -2.40. The number of aliphatic hydroxyl groups is 1. The summed E-state index contributed by atoms with van der Waals surface area (Å²) < 4.78 is 0. The van der Waals surface area contributed by atoms with Gasteiger partial charge in [-0.3, -0.25) is 14.8 Å². The molecular weight excluding hydrogens is 296 g/mol. The SMILES string of the molecule is CC1C=C(C(=O)NO)C=CC1C(=O)N(CCO)c1ccccc1. The van der Waals surface area contributed by atoms with Crippen LogP contribution in [-0.2, 0) is 9.59 Å². The normalized spacial score (nSPS) is 19.9. The van der Waals surface area contributed by atoms with Crippen molar-refractivity contribution in [2.45, 2.75) is 6.92 Å². The molecule has 0 aliphatic heterocycles. The predicted molar refractivity (Wildman–Crippen MR) is 85.7 cm³/mol. The fourth-order valence-corrected chi connectivity index (χ4v) is 2.60. The minimum atomic E-state index is -0.603. The number of allylic oxidation sites excluding steroid dienone is 1. The molecule has 1 aliphatic rings. The summed E-state index contributed by atoms with van der Waals surface area (Å²) >= 11 is 0. The Morgan fingerprint density at radius 1 is 1.26 bits per heavy atom. The second-order valence-electron chi connectivity index (χ2n) is 5.36. The van der Waals surface area contributed by atoms with Crippen molar-refractivity contribution < 1.29 is 19.9 Å². The van der Waals surface area contributed by atoms with Crippen molar-refractivity contribution in [3.05, 3.63) is 54.1 Å². The van der Waals surface area contributed by atoms with Gasteiger partial charge in [-0.15, -0.1) is 0 Å². The lowest BCUT2D eigenvalue weighted by atomic mass is 9.85. The number of carbonyl (C=O) groups excluding carboxylic acids is 2. The van der Waals surface area contributed by atoms with Crippen LogP contribution in [0.1, 0.15) is 6.92 Å². The maximum absolute atomic E-state index is 12.8. The Hall–Kier alpha value is -2.44. The largest absolute Gasteiger partial charge is 0.395 e. The van der Waals surface area contributed by atoms with Gasteiger partial charge in [0.1, 0.15) is 0 Å². The Morgan fingerprint density at radius 3 is 2.52 bits per heavy atom. The topological polar surface area (TPSA) is 89.9 Å². The molecule has 2 amide bonds. The number of aliphatic hydroxyl groups excluding tert-OH is 1. The lowest BCUT2D eigenvalue weighted by Gasteiger charge is -2.29. The summed E-state index contributed by atoms with van der Waals surface area (Å²) in [6.45, 7) is 1.89. The molecule has 1 aromatic rings. The molecule has 0 fully saturated rings. The van der Waals surface area contributed by atoms with Gasteiger partial charge in [-0.2, -0.15) is 0 Å². The number of hydrogen-bond acceptors (Lipinski definition) is 4. The molecule has 0 heterocycles. The number of para-hydroxylation sites is 1. The van der Waals surface area contributed by atoms with E-state index in [1.54, 1.807) is 17.6 Å². The first-order chi connectivity index (χ1) is 11.1. The smallest absolute Gasteiger partial charge is 0.274 e. The molecule has 23 heavy (non-hydrogen) atoms. The third-order valence-electron chi connectivity index (χ3n) is 3.80. The highest BCUT2D eigenvalue weighted by atomic mass is 16.5. The van der Waals surface area contributed by atoms with Crippen molar-refractivity contribution in [2.75, 3.05) is 18.1 Å². The molecule has 1 aliphatic carbocycles. The first kappa shape index (κ1) is 16.9. The molecule has 0 spiro atoms. The Labute approximate surface area is 134 Å². The molecule has 6 nitrogen and oxygen atoms in total. The van der Waals surface area contributed by atoms with E-state index >= 15 is 0 Å². The van der Waals surface area contributed by atoms with Crippen LogP contribution in [0.2, 0.25) is 0 Å². The number of anilines is 1. The maximum atomic E-state index is 12.8. The van der Waals surface area contributed by atoms with Gasteiger partial charge in [0, 0.05) is 17.8 Å². The highest BCUT2D eigenvalue weighted by Gasteiger charge is 2.29. The first-order valence-electron chi connectivity index (χ1n) is 7.40. The Bertz CT molecular complexity index is 625. The van der Waals surface area contributed by atoms with Crippen molar-refractivity contribution in [2.24, 2.45) is 11.8 Å². The zero-order valence-electron chi connectivity index (χ0n) is 12.8. The van der Waals surface area contributed by atoms with Gasteiger partial charge in [-0.05, 0) is 18.1 Å². The fraction of sp³-hybridized carbons (Fsp3) is 0.294. The Kier molecular flexibility index (Phi) is 5.67. The maximum Gasteiger partial charge on any atom is 0.274 e. The Morgan fingerprint density at radius 2 is 1.96 bits per heavy atom. The van der Waals surface area contributed by atoms with E-state index in [0.717, 1.165) is 5.69 Å². The third-order valence-corrected chi connectivity index (χ3v) is 3.80. The van der Waals surface area contributed by atoms with E-state index in [1.807, 2.05) is 37.3 Å². The van der Waals surface area contributed by atoms with Gasteiger partial charge in [0.25, 0.3) is 5.91 Å². The molecule has 0 saturated carbocycles. The van der Waals surface area contributed by atoms with Gasteiger partial charge in [0.2, 0.25) is 5.91 Å². The standard InChI is InChI=1S/C17H20N2O4/c1-12-11-13(16(21)18-23)7-8-15(12)17(22)19(9-10-20)14-5-3-2-4-6-14/h2-8,11-12,15,20,23H,9-10H2,1H3,(H,18,21). The molecule has 2 rings (SSSR count). The third kappa shape index (κ3) is 3.85. The van der Waals surface area contributed by atoms with E-state index < -0.39 is 11.8 Å². The van der Waals surface area contributed by atoms with Gasteiger partial charge in [-0.25, -0.2) is 5.48 Å². The molecule has 0 radical (unpaired) electrons. The molecule has 122 valence electrons. The van der Waals surface area contributed by atoms with Crippen LogP contribution < -0.4 is 10.4 Å². The van der Waals surface area contributed by atoms with E-state index in [2.05, 4.69) is 0 Å². The van der Waals surface area contributed by atoms with Gasteiger partial charge < -0.3 is 10.0 Å². The second kappa shape index (κ2) is 7.71. The number of hydroxylamine groups is 1. The minimum Gasteiger partial charge on any atom is -0.395 e. The van der Waals surface area contributed by atoms with Gasteiger partial charge in [0.05, 0.1) is 12.5 Å². The van der Waals surface area contributed by atoms with E-state index in [9.17, 15) is 14.7 Å². The lowest BCUT2D eigenvalue weighted by molar-refractivity contribution is -0.125. The molecular formula is C17H20N2O4. The highest BCUT2D eigenvalue weighted by molar-refractivity contribution is 5.99. The van der Waals surface area contributed by atoms with Gasteiger partial charge in [0.15, 0.2) is 0 Å². The first-order valence-corrected chi connectivity index (χ1v) is 7.40. The average Bonchev–Trinajstić information content (AvgIpc) is 2.59. The summed E-state index contributed by atoms with van der Waals surface area (Å²) in [5.41, 5.74) is 2.62. The quantitative estimate of drug-likeness (QED) is 0.563. The summed E-state index contributed by atoms with van der Waals surface area (Å²) in [6.07, 6.45) is 4.83. The molecule has 0 saturated heterocycles. The van der Waals surface area contributed by atoms with Crippen molar-refractivity contribution in [1.82, 2.24) is 5.48 Å². The van der Waals surface area contributed by atoms with Crippen LogP contribution in [0.25, 0.3) is 0 Å². The van der Waals surface area contributed by atoms with Crippen LogP contribution in [0.5, 0.6) is 0 Å². The van der Waals surface area contributed by atoms with Crippen LogP contribution in [-0.4, -0.2) is 35.3 Å². The van der Waals surface area contributed by atoms with Crippen molar-refractivity contribution in [1.29, 1.82) is 0 Å². The van der Waals surface area contributed by atoms with Crippen molar-refractivity contribution >= 4 is 17.5 Å². The molecule has 0 aromatic heterocycles. The van der Waals surface area contributed by atoms with Crippen LogP contribution in [0.15, 0.2) is 54.1 Å². The number of hydrogen-bond donors (Lipinski definition) is 3. The summed E-state index contributed by atoms with van der Waals surface area (Å²) in [5.74, 6) is -1.38. The summed E-state index contributed by atoms with van der Waals surface area (Å²) in [6, 6.07) is 9.14. The van der Waals surface area contributed by atoms with Crippen LogP contribution in [0.3, 0.4) is 0 Å². The zero-order valence-corrected chi connectivity index (χ0v) is 12.8. The predicted octanol–water partition coefficient (Wildman–Crippen LogP) is 1.27. The summed E-state index contributed by atoms with van der Waals surface area (Å²) in [4.78, 5) is 25.8. The number of rotatable bonds is 5. The van der Waals surface area contributed by atoms with Crippen molar-refractivity contribution in [3.63, 3.8) is 0 Å². The number of nitrogens with zero attached hydrogens (tertiary/aromatic N) is 1. The van der Waals surface area contributed by atoms with E-state index in [1.165, 1.54) is 11.0 Å². The number of amides is 2. The van der Waals surface area contributed by atoms with Crippen LogP contribution in [0, 0.1) is 11.8 Å². The monoisotopic (exact) mass is 316 g/mol. The number of benzene rings is 1. The molecule has 2 unspecified atom stereocenters. The minimum absolute atomic E-state index is 0.139. The summed E-state index contributed by atoms with van der Waals surface area (Å²) in [7, 11) is 0. The average molecular weight is 316 g/mol. The Balaban J connectivity index is 2.20. The fourth-order valence-electron chi connectivity index (χ4n) is 2.60. The van der Waals surface area contributed by atoms with E-state index in [0.29, 0.717) is 5.57 Å². The van der Waals surface area contributed by atoms with Crippen molar-refractivity contribution in [3.8, 4) is 0 Å². The molecule has 2 atom stereocenters. The molecule has 1 aromatic carbocycles.